The summed E-state index contributed by atoms with van der Waals surface area (Å²) >= 11 is 0. The summed E-state index contributed by atoms with van der Waals surface area (Å²) in [6, 6.07) is 0.926. The Balaban J connectivity index is 2.11. The lowest BCUT2D eigenvalue weighted by molar-refractivity contribution is -0.122. The highest BCUT2D eigenvalue weighted by Gasteiger charge is 2.28. The third kappa shape index (κ3) is 3.45. The van der Waals surface area contributed by atoms with E-state index < -0.39 is 16.1 Å². The molecule has 110 valence electrons. The molecule has 20 heavy (non-hydrogen) atoms. The molecule has 1 aliphatic rings. The van der Waals surface area contributed by atoms with E-state index in [0.717, 1.165) is 12.8 Å². The fourth-order valence-electron chi connectivity index (χ4n) is 1.70. The predicted molar refractivity (Wildman–Crippen MR) is 74.7 cm³/mol. The lowest BCUT2D eigenvalue weighted by Crippen LogP contribution is -2.45. The molecule has 1 fully saturated rings. The van der Waals surface area contributed by atoms with Crippen LogP contribution in [-0.4, -0.2) is 38.4 Å². The summed E-state index contributed by atoms with van der Waals surface area (Å²) < 4.78 is 26.9. The number of anilines is 1. The molecule has 1 amide bonds. The van der Waals surface area contributed by atoms with Crippen LogP contribution in [0.4, 0.5) is 5.69 Å². The number of pyridine rings is 1. The Morgan fingerprint density at radius 3 is 2.75 bits per heavy atom. The average molecular weight is 298 g/mol. The number of amides is 1. The van der Waals surface area contributed by atoms with Crippen molar-refractivity contribution in [3.63, 3.8) is 0 Å². The molecule has 0 bridgehead atoms. The van der Waals surface area contributed by atoms with Crippen molar-refractivity contribution in [2.24, 2.45) is 0 Å². The van der Waals surface area contributed by atoms with Gasteiger partial charge in [-0.25, -0.2) is 8.42 Å². The predicted octanol–water partition coefficient (Wildman–Crippen LogP) is 0.0687. The number of hydrogen-bond acceptors (Lipinski definition) is 5. The van der Waals surface area contributed by atoms with Gasteiger partial charge in [-0.1, -0.05) is 0 Å². The van der Waals surface area contributed by atoms with Crippen LogP contribution in [0.5, 0.6) is 0 Å². The molecule has 1 aliphatic carbocycles. The summed E-state index contributed by atoms with van der Waals surface area (Å²) in [7, 11) is -2.18. The number of carbonyl (C=O) groups excluding carboxylic acids is 1. The molecule has 3 N–H and O–H groups in total. The van der Waals surface area contributed by atoms with Crippen molar-refractivity contribution in [1.29, 1.82) is 0 Å². The van der Waals surface area contributed by atoms with Crippen LogP contribution in [0.15, 0.2) is 23.4 Å². The molecule has 8 heteroatoms. The second-order valence-electron chi connectivity index (χ2n) is 4.75. The van der Waals surface area contributed by atoms with Gasteiger partial charge < -0.3 is 10.6 Å². The first-order valence-corrected chi connectivity index (χ1v) is 7.87. The Morgan fingerprint density at radius 2 is 2.15 bits per heavy atom. The maximum atomic E-state index is 12.3. The van der Waals surface area contributed by atoms with Crippen molar-refractivity contribution < 1.29 is 13.2 Å². The second kappa shape index (κ2) is 5.76. The highest BCUT2D eigenvalue weighted by molar-refractivity contribution is 7.89. The van der Waals surface area contributed by atoms with Crippen LogP contribution in [0.1, 0.15) is 19.8 Å². The number of rotatable bonds is 6. The van der Waals surface area contributed by atoms with Gasteiger partial charge in [-0.2, -0.15) is 4.72 Å². The number of nitrogens with one attached hydrogen (secondary N) is 3. The molecule has 0 radical (unpaired) electrons. The summed E-state index contributed by atoms with van der Waals surface area (Å²) in [4.78, 5) is 15.6. The molecule has 0 aliphatic heterocycles. The standard InChI is InChI=1S/C12H18N4O3S/c1-8(12(17)15-9-3-4-9)16-20(18,19)11-7-14-6-5-10(11)13-2/h5-9,16H,3-4H2,1-2H3,(H,13,14)(H,15,17). The molecular weight excluding hydrogens is 280 g/mol. The van der Waals surface area contributed by atoms with E-state index in [0.29, 0.717) is 5.69 Å². The third-order valence-corrected chi connectivity index (χ3v) is 4.56. The number of sulfonamides is 1. The molecule has 1 aromatic heterocycles. The first kappa shape index (κ1) is 14.7. The Bertz CT molecular complexity index is 598. The molecule has 1 saturated carbocycles. The fourth-order valence-corrected chi connectivity index (χ4v) is 3.06. The van der Waals surface area contributed by atoms with Crippen molar-refractivity contribution in [2.45, 2.75) is 36.7 Å². The zero-order chi connectivity index (χ0) is 14.8. The van der Waals surface area contributed by atoms with Gasteiger partial charge in [0.2, 0.25) is 15.9 Å². The maximum Gasteiger partial charge on any atom is 0.244 e. The van der Waals surface area contributed by atoms with Crippen LogP contribution in [0.2, 0.25) is 0 Å². The van der Waals surface area contributed by atoms with E-state index in [4.69, 9.17) is 0 Å². The smallest absolute Gasteiger partial charge is 0.244 e. The summed E-state index contributed by atoms with van der Waals surface area (Å²) in [6.07, 6.45) is 4.66. The molecule has 1 heterocycles. The normalized spacial score (nSPS) is 16.5. The zero-order valence-corrected chi connectivity index (χ0v) is 12.2. The number of aromatic nitrogens is 1. The summed E-state index contributed by atoms with van der Waals surface area (Å²) in [5.41, 5.74) is 0.433. The minimum atomic E-state index is -3.80. The fraction of sp³-hybridized carbons (Fsp3) is 0.500. The summed E-state index contributed by atoms with van der Waals surface area (Å²) in [6.45, 7) is 1.52. The van der Waals surface area contributed by atoms with Gasteiger partial charge in [-0.15, -0.1) is 0 Å². The highest BCUT2D eigenvalue weighted by atomic mass is 32.2. The first-order valence-electron chi connectivity index (χ1n) is 6.38. The Labute approximate surface area is 118 Å². The first-order chi connectivity index (χ1) is 9.44. The van der Waals surface area contributed by atoms with Crippen LogP contribution < -0.4 is 15.4 Å². The van der Waals surface area contributed by atoms with Gasteiger partial charge in [0.1, 0.15) is 4.90 Å². The van der Waals surface area contributed by atoms with E-state index in [1.54, 1.807) is 13.1 Å². The van der Waals surface area contributed by atoms with E-state index in [-0.39, 0.29) is 16.8 Å². The van der Waals surface area contributed by atoms with Crippen LogP contribution >= 0.6 is 0 Å². The summed E-state index contributed by atoms with van der Waals surface area (Å²) in [5, 5.41) is 5.55. The SMILES string of the molecule is CNc1ccncc1S(=O)(=O)NC(C)C(=O)NC1CC1. The van der Waals surface area contributed by atoms with Crippen molar-refractivity contribution in [3.05, 3.63) is 18.5 Å². The van der Waals surface area contributed by atoms with Crippen molar-refractivity contribution >= 4 is 21.6 Å². The van der Waals surface area contributed by atoms with E-state index in [1.165, 1.54) is 19.3 Å². The van der Waals surface area contributed by atoms with E-state index >= 15 is 0 Å². The molecule has 0 spiro atoms. The second-order valence-corrected chi connectivity index (χ2v) is 6.43. The molecule has 0 aromatic carbocycles. The molecule has 2 rings (SSSR count). The van der Waals surface area contributed by atoms with Gasteiger partial charge in [0, 0.05) is 25.5 Å². The number of carbonyl (C=O) groups is 1. The molecule has 1 atom stereocenters. The van der Waals surface area contributed by atoms with Crippen molar-refractivity contribution in [3.8, 4) is 0 Å². The molecule has 1 aromatic rings. The van der Waals surface area contributed by atoms with Gasteiger partial charge in [-0.3, -0.25) is 9.78 Å². The van der Waals surface area contributed by atoms with Gasteiger partial charge in [0.25, 0.3) is 0 Å². The molecule has 7 nitrogen and oxygen atoms in total. The minimum absolute atomic E-state index is 0.0218. The monoisotopic (exact) mass is 298 g/mol. The Morgan fingerprint density at radius 1 is 1.45 bits per heavy atom. The topological polar surface area (TPSA) is 100 Å². The van der Waals surface area contributed by atoms with Crippen molar-refractivity contribution in [2.75, 3.05) is 12.4 Å². The molecular formula is C12H18N4O3S. The number of hydrogen-bond donors (Lipinski definition) is 3. The van der Waals surface area contributed by atoms with Gasteiger partial charge >= 0.3 is 0 Å². The average Bonchev–Trinajstić information content (AvgIpc) is 3.22. The number of nitrogens with zero attached hydrogens (tertiary/aromatic N) is 1. The minimum Gasteiger partial charge on any atom is -0.387 e. The maximum absolute atomic E-state index is 12.3. The molecule has 0 saturated heterocycles. The lowest BCUT2D eigenvalue weighted by atomic mass is 10.3. The van der Waals surface area contributed by atoms with E-state index in [9.17, 15) is 13.2 Å². The third-order valence-electron chi connectivity index (χ3n) is 2.99. The van der Waals surface area contributed by atoms with E-state index in [1.807, 2.05) is 0 Å². The van der Waals surface area contributed by atoms with Crippen LogP contribution in [0.25, 0.3) is 0 Å². The van der Waals surface area contributed by atoms with Crippen LogP contribution in [-0.2, 0) is 14.8 Å². The van der Waals surface area contributed by atoms with Gasteiger partial charge in [-0.05, 0) is 25.8 Å². The quantitative estimate of drug-likeness (QED) is 0.690. The molecule has 1 unspecified atom stereocenters. The van der Waals surface area contributed by atoms with Gasteiger partial charge in [0.05, 0.1) is 11.7 Å². The Kier molecular flexibility index (Phi) is 4.24. The Hall–Kier alpha value is -1.67. The van der Waals surface area contributed by atoms with Crippen LogP contribution in [0, 0.1) is 0 Å². The van der Waals surface area contributed by atoms with Crippen LogP contribution in [0.3, 0.4) is 0 Å². The summed E-state index contributed by atoms with van der Waals surface area (Å²) in [5.74, 6) is -0.314. The van der Waals surface area contributed by atoms with E-state index in [2.05, 4.69) is 20.3 Å². The highest BCUT2D eigenvalue weighted by Crippen LogP contribution is 2.20. The zero-order valence-electron chi connectivity index (χ0n) is 11.4. The lowest BCUT2D eigenvalue weighted by Gasteiger charge is -2.15. The van der Waals surface area contributed by atoms with Gasteiger partial charge in [0.15, 0.2) is 0 Å². The van der Waals surface area contributed by atoms with Crippen molar-refractivity contribution in [1.82, 2.24) is 15.0 Å². The largest absolute Gasteiger partial charge is 0.387 e.